The fraction of sp³-hybridized carbons (Fsp3) is 0.938. The highest BCUT2D eigenvalue weighted by Gasteiger charge is 1.99. The number of carboxylic acids is 3. The number of hydrogen-bond donors (Lipinski definition) is 5. The molecule has 0 atom stereocenters. The number of aliphatic hydroxyl groups is 2. The van der Waals surface area contributed by atoms with Crippen LogP contribution in [0.2, 0.25) is 0 Å². The molecule has 0 aliphatic heterocycles. The van der Waals surface area contributed by atoms with Crippen LogP contribution < -0.4 is 0 Å². The minimum Gasteiger partial charge on any atom is -0.481 e. The summed E-state index contributed by atoms with van der Waals surface area (Å²) in [6.45, 7) is 7.31. The lowest BCUT2D eigenvalue weighted by Crippen LogP contribution is -1.93. The maximum Gasteiger partial charge on any atom is 0.303 e. The lowest BCUT2D eigenvalue weighted by Gasteiger charge is -2.01. The van der Waals surface area contributed by atoms with E-state index in [-0.39, 0.29) is 13.2 Å². The highest BCUT2D eigenvalue weighted by atomic mass is 16.4. The van der Waals surface area contributed by atoms with Crippen LogP contribution in [-0.2, 0) is 14.4 Å². The molecule has 0 radical (unpaired) electrons. The number of carboxylic acid groups (broad SMARTS) is 3. The number of carbonyl (C=O) groups is 3. The van der Waals surface area contributed by atoms with Crippen molar-refractivity contribution in [3.05, 3.63) is 0 Å². The maximum absolute atomic E-state index is 10.3. The summed E-state index contributed by atoms with van der Waals surface area (Å²) in [5, 5.41) is 42.0. The van der Waals surface area contributed by atoms with E-state index in [0.717, 1.165) is 64.2 Å². The van der Waals surface area contributed by atoms with Gasteiger partial charge in [-0.05, 0) is 32.1 Å². The fourth-order valence-electron chi connectivity index (χ4n) is 6.40. The third-order valence-corrected chi connectivity index (χ3v) is 10.0. The van der Waals surface area contributed by atoms with Gasteiger partial charge in [0, 0.05) is 32.5 Å². The van der Waals surface area contributed by atoms with Crippen LogP contribution in [-0.4, -0.2) is 56.7 Å². The Bertz CT molecular complexity index is 638. The molecule has 0 unspecified atom stereocenters. The molecule has 0 heterocycles. The van der Waals surface area contributed by atoms with Gasteiger partial charge in [0.15, 0.2) is 0 Å². The first-order chi connectivity index (χ1) is 27.2. The first-order valence-electron chi connectivity index (χ1n) is 24.1. The van der Waals surface area contributed by atoms with Crippen molar-refractivity contribution in [1.29, 1.82) is 0 Å². The number of unbranched alkanes of at least 4 members (excludes halogenated alkanes) is 33. The molecular weight excluding hydrogens is 705 g/mol. The van der Waals surface area contributed by atoms with Crippen LogP contribution in [0.5, 0.6) is 0 Å². The first-order valence-corrected chi connectivity index (χ1v) is 24.1. The second kappa shape index (κ2) is 60.0. The van der Waals surface area contributed by atoms with Gasteiger partial charge in [-0.25, -0.2) is 0 Å². The molecule has 0 rings (SSSR count). The molecule has 0 aromatic rings. The largest absolute Gasteiger partial charge is 0.481 e. The zero-order valence-corrected chi connectivity index (χ0v) is 37.7. The Morgan fingerprint density at radius 3 is 0.536 bits per heavy atom. The average molecular weight is 803 g/mol. The minimum absolute atomic E-state index is 0.283. The zero-order valence-electron chi connectivity index (χ0n) is 37.7. The number of aliphatic hydroxyl groups excluding tert-OH is 2. The molecule has 56 heavy (non-hydrogen) atoms. The fourth-order valence-corrected chi connectivity index (χ4v) is 6.40. The second-order valence-corrected chi connectivity index (χ2v) is 15.9. The number of aliphatic carboxylic acids is 3. The van der Waals surface area contributed by atoms with E-state index in [1.54, 1.807) is 0 Å². The minimum atomic E-state index is -0.657. The van der Waals surface area contributed by atoms with Crippen molar-refractivity contribution < 1.29 is 39.9 Å². The van der Waals surface area contributed by atoms with E-state index in [0.29, 0.717) is 19.3 Å². The molecule has 0 aromatic carbocycles. The molecule has 5 N–H and O–H groups in total. The van der Waals surface area contributed by atoms with Gasteiger partial charge in [-0.1, -0.05) is 226 Å². The summed E-state index contributed by atoms with van der Waals surface area (Å²) >= 11 is 0. The van der Waals surface area contributed by atoms with Crippen molar-refractivity contribution in [2.75, 3.05) is 13.2 Å². The standard InChI is InChI=1S/3C14H28O2.C6H14O2/c3*1-2-3-4-5-6-7-8-9-10-11-12-13-14(15)16;7-5-3-1-2-4-6-8/h3*2-13H2,1H3,(H,15,16);7-8H,1-6H2. The quantitative estimate of drug-likeness (QED) is 0.0383. The Morgan fingerprint density at radius 1 is 0.250 bits per heavy atom. The number of hydrogen-bond acceptors (Lipinski definition) is 5. The molecule has 0 saturated heterocycles. The maximum atomic E-state index is 10.3. The molecule has 0 saturated carbocycles. The van der Waals surface area contributed by atoms with E-state index < -0.39 is 17.9 Å². The summed E-state index contributed by atoms with van der Waals surface area (Å²) in [7, 11) is 0. The Hall–Kier alpha value is -1.67. The summed E-state index contributed by atoms with van der Waals surface area (Å²) in [4.78, 5) is 30.8. The monoisotopic (exact) mass is 803 g/mol. The van der Waals surface area contributed by atoms with Crippen molar-refractivity contribution in [3.8, 4) is 0 Å². The van der Waals surface area contributed by atoms with E-state index in [4.69, 9.17) is 25.5 Å². The van der Waals surface area contributed by atoms with E-state index in [2.05, 4.69) is 20.8 Å². The summed E-state index contributed by atoms with van der Waals surface area (Å²) in [5.74, 6) is -1.97. The molecule has 338 valence electrons. The molecule has 8 heteroatoms. The smallest absolute Gasteiger partial charge is 0.303 e. The van der Waals surface area contributed by atoms with Gasteiger partial charge >= 0.3 is 17.9 Å². The van der Waals surface area contributed by atoms with Gasteiger partial charge < -0.3 is 25.5 Å². The van der Waals surface area contributed by atoms with Crippen molar-refractivity contribution in [2.45, 2.75) is 278 Å². The van der Waals surface area contributed by atoms with Gasteiger partial charge in [-0.15, -0.1) is 0 Å². The predicted octanol–water partition coefficient (Wildman–Crippen LogP) is 14.8. The molecule has 0 spiro atoms. The van der Waals surface area contributed by atoms with Gasteiger partial charge in [0.1, 0.15) is 0 Å². The van der Waals surface area contributed by atoms with Crippen LogP contribution in [0.3, 0.4) is 0 Å². The molecule has 0 bridgehead atoms. The Kier molecular flexibility index (Phi) is 65.4. The van der Waals surface area contributed by atoms with E-state index in [1.165, 1.54) is 173 Å². The third-order valence-electron chi connectivity index (χ3n) is 10.0. The van der Waals surface area contributed by atoms with Crippen LogP contribution in [0.1, 0.15) is 278 Å². The lowest BCUT2D eigenvalue weighted by atomic mass is 10.1. The topological polar surface area (TPSA) is 152 Å². The molecular formula is C48H98O8. The van der Waals surface area contributed by atoms with E-state index in [1.807, 2.05) is 0 Å². The van der Waals surface area contributed by atoms with Crippen LogP contribution in [0.15, 0.2) is 0 Å². The van der Waals surface area contributed by atoms with Crippen molar-refractivity contribution in [2.24, 2.45) is 0 Å². The molecule has 0 fully saturated rings. The van der Waals surface area contributed by atoms with E-state index >= 15 is 0 Å². The molecule has 0 aliphatic carbocycles. The summed E-state index contributed by atoms with van der Waals surface area (Å²) < 4.78 is 0. The van der Waals surface area contributed by atoms with Crippen LogP contribution in [0.4, 0.5) is 0 Å². The molecule has 8 nitrogen and oxygen atoms in total. The summed E-state index contributed by atoms with van der Waals surface area (Å²) in [6.07, 6.45) is 46.9. The summed E-state index contributed by atoms with van der Waals surface area (Å²) in [6, 6.07) is 0. The normalized spacial score (nSPS) is 10.4. The van der Waals surface area contributed by atoms with Crippen molar-refractivity contribution in [3.63, 3.8) is 0 Å². The zero-order chi connectivity index (χ0) is 42.4. The average Bonchev–Trinajstić information content (AvgIpc) is 3.17. The highest BCUT2D eigenvalue weighted by molar-refractivity contribution is 5.67. The van der Waals surface area contributed by atoms with Gasteiger partial charge in [0.25, 0.3) is 0 Å². The molecule has 0 amide bonds. The van der Waals surface area contributed by atoms with Crippen molar-refractivity contribution in [1.82, 2.24) is 0 Å². The number of rotatable bonds is 41. The Balaban J connectivity index is -0.000000330. The Labute approximate surface area is 347 Å². The first kappa shape index (κ1) is 61.0. The SMILES string of the molecule is CCCCCCCCCCCCCC(=O)O.CCCCCCCCCCCCCC(=O)O.CCCCCCCCCCCCCC(=O)O.OCCCCCCO. The highest BCUT2D eigenvalue weighted by Crippen LogP contribution is 2.14. The van der Waals surface area contributed by atoms with Crippen LogP contribution in [0.25, 0.3) is 0 Å². The Morgan fingerprint density at radius 2 is 0.393 bits per heavy atom. The molecule has 0 aliphatic rings. The van der Waals surface area contributed by atoms with Crippen LogP contribution >= 0.6 is 0 Å². The van der Waals surface area contributed by atoms with Crippen LogP contribution in [0, 0.1) is 0 Å². The van der Waals surface area contributed by atoms with Gasteiger partial charge in [0.2, 0.25) is 0 Å². The lowest BCUT2D eigenvalue weighted by molar-refractivity contribution is -0.138. The summed E-state index contributed by atoms with van der Waals surface area (Å²) in [5.41, 5.74) is 0. The van der Waals surface area contributed by atoms with E-state index in [9.17, 15) is 14.4 Å². The van der Waals surface area contributed by atoms with Gasteiger partial charge in [-0.2, -0.15) is 0 Å². The molecule has 0 aromatic heterocycles. The van der Waals surface area contributed by atoms with Gasteiger partial charge in [-0.3, -0.25) is 14.4 Å². The van der Waals surface area contributed by atoms with Crippen molar-refractivity contribution >= 4 is 17.9 Å². The second-order valence-electron chi connectivity index (χ2n) is 15.9. The predicted molar refractivity (Wildman–Crippen MR) is 239 cm³/mol. The third kappa shape index (κ3) is 76.9. The van der Waals surface area contributed by atoms with Gasteiger partial charge in [0.05, 0.1) is 0 Å².